The van der Waals surface area contributed by atoms with Crippen LogP contribution in [0.4, 0.5) is 0 Å². The molecule has 0 aliphatic carbocycles. The van der Waals surface area contributed by atoms with Gasteiger partial charge < -0.3 is 37.6 Å². The van der Waals surface area contributed by atoms with E-state index in [1.165, 1.54) is 0 Å². The Morgan fingerprint density at radius 3 is 1.78 bits per heavy atom. The minimum atomic E-state index is -1.44. The predicted octanol–water partition coefficient (Wildman–Crippen LogP) is -1.84. The van der Waals surface area contributed by atoms with E-state index >= 15 is 0 Å². The number of thiol groups is 1. The van der Waals surface area contributed by atoms with Gasteiger partial charge in [-0.1, -0.05) is 30.3 Å². The first-order valence-corrected chi connectivity index (χ1v) is 11.6. The number of hydrogen-bond acceptors (Lipinski definition) is 8. The van der Waals surface area contributed by atoms with Crippen LogP contribution in [0.3, 0.4) is 0 Å². The van der Waals surface area contributed by atoms with Gasteiger partial charge in [0.25, 0.3) is 0 Å². The first kappa shape index (κ1) is 30.4. The van der Waals surface area contributed by atoms with Crippen molar-refractivity contribution in [3.05, 3.63) is 35.9 Å². The highest BCUT2D eigenvalue weighted by Crippen LogP contribution is 2.06. The zero-order valence-corrected chi connectivity index (χ0v) is 20.3. The summed E-state index contributed by atoms with van der Waals surface area (Å²) < 4.78 is 0. The molecule has 4 atom stereocenters. The SMILES string of the molecule is NC(=O)CCC(NC(=O)C(N)Cc1ccccc1)C(=O)NC(CCC(=O)O)C(=O)NC(CS)C(=O)O. The highest BCUT2D eigenvalue weighted by atomic mass is 32.1. The van der Waals surface area contributed by atoms with Crippen LogP contribution < -0.4 is 27.4 Å². The van der Waals surface area contributed by atoms with Gasteiger partial charge >= 0.3 is 11.9 Å². The molecule has 14 heteroatoms. The normalized spacial score (nSPS) is 13.9. The number of hydrogen-bond donors (Lipinski definition) is 8. The van der Waals surface area contributed by atoms with Crippen molar-refractivity contribution in [3.8, 4) is 0 Å². The molecular weight excluding hydrogens is 494 g/mol. The second kappa shape index (κ2) is 15.4. The summed E-state index contributed by atoms with van der Waals surface area (Å²) in [5.74, 6) is -6.18. The standard InChI is InChI=1S/C22H31N5O8S/c23-13(10-12-4-2-1-3-5-12)19(31)25-14(6-8-17(24)28)20(32)26-15(7-9-18(29)30)21(33)27-16(11-36)22(34)35/h1-5,13-16,36H,6-11,23H2,(H2,24,28)(H,25,31)(H,26,32)(H,27,33)(H,29,30)(H,34,35). The van der Waals surface area contributed by atoms with Gasteiger partial charge in [0.15, 0.2) is 0 Å². The summed E-state index contributed by atoms with van der Waals surface area (Å²) >= 11 is 3.84. The number of rotatable bonds is 16. The maximum atomic E-state index is 12.9. The molecule has 0 aromatic heterocycles. The van der Waals surface area contributed by atoms with Crippen molar-refractivity contribution in [2.45, 2.75) is 56.3 Å². The summed E-state index contributed by atoms with van der Waals surface area (Å²) in [5, 5.41) is 25.0. The van der Waals surface area contributed by atoms with E-state index < -0.39 is 66.2 Å². The van der Waals surface area contributed by atoms with Crippen LogP contribution in [0.15, 0.2) is 30.3 Å². The Kier molecular flexibility index (Phi) is 13.0. The number of nitrogens with one attached hydrogen (secondary N) is 3. The van der Waals surface area contributed by atoms with Crippen molar-refractivity contribution in [2.75, 3.05) is 5.75 Å². The first-order valence-electron chi connectivity index (χ1n) is 11.0. The molecule has 0 fully saturated rings. The number of carboxylic acids is 2. The molecule has 4 unspecified atom stereocenters. The van der Waals surface area contributed by atoms with Crippen LogP contribution in [-0.4, -0.2) is 75.7 Å². The summed E-state index contributed by atoms with van der Waals surface area (Å²) in [4.78, 5) is 71.7. The summed E-state index contributed by atoms with van der Waals surface area (Å²) in [6.45, 7) is 0. The van der Waals surface area contributed by atoms with Crippen LogP contribution in [-0.2, 0) is 35.2 Å². The van der Waals surface area contributed by atoms with E-state index in [0.29, 0.717) is 0 Å². The average molecular weight is 526 g/mol. The molecule has 0 saturated carbocycles. The quantitative estimate of drug-likeness (QED) is 0.113. The minimum Gasteiger partial charge on any atom is -0.481 e. The molecule has 13 nitrogen and oxygen atoms in total. The number of benzene rings is 1. The van der Waals surface area contributed by atoms with Crippen LogP contribution in [0.2, 0.25) is 0 Å². The molecule has 198 valence electrons. The molecule has 0 heterocycles. The van der Waals surface area contributed by atoms with Gasteiger partial charge in [0, 0.05) is 18.6 Å². The molecule has 0 spiro atoms. The van der Waals surface area contributed by atoms with Crippen molar-refractivity contribution in [1.82, 2.24) is 16.0 Å². The molecule has 0 aliphatic rings. The number of amides is 4. The monoisotopic (exact) mass is 525 g/mol. The second-order valence-corrected chi connectivity index (χ2v) is 8.30. The van der Waals surface area contributed by atoms with E-state index in [9.17, 15) is 28.8 Å². The van der Waals surface area contributed by atoms with Gasteiger partial charge in [0.2, 0.25) is 23.6 Å². The fourth-order valence-electron chi connectivity index (χ4n) is 3.06. The summed E-state index contributed by atoms with van der Waals surface area (Å²) in [5.41, 5.74) is 11.9. The zero-order chi connectivity index (χ0) is 27.3. The Bertz CT molecular complexity index is 946. The third-order valence-electron chi connectivity index (χ3n) is 5.02. The maximum Gasteiger partial charge on any atom is 0.327 e. The summed E-state index contributed by atoms with van der Waals surface area (Å²) in [6.07, 6.45) is -1.21. The second-order valence-electron chi connectivity index (χ2n) is 7.94. The third-order valence-corrected chi connectivity index (χ3v) is 5.39. The average Bonchev–Trinajstić information content (AvgIpc) is 2.82. The molecule has 1 rings (SSSR count). The Balaban J connectivity index is 2.99. The number of carboxylic acid groups (broad SMARTS) is 2. The van der Waals surface area contributed by atoms with E-state index in [0.717, 1.165) is 5.56 Å². The van der Waals surface area contributed by atoms with E-state index in [4.69, 9.17) is 21.7 Å². The Labute approximate surface area is 212 Å². The van der Waals surface area contributed by atoms with Crippen molar-refractivity contribution < 1.29 is 39.0 Å². The number of nitrogens with two attached hydrogens (primary N) is 2. The van der Waals surface area contributed by atoms with Crippen molar-refractivity contribution in [2.24, 2.45) is 11.5 Å². The van der Waals surface area contributed by atoms with Crippen molar-refractivity contribution >= 4 is 48.2 Å². The number of carbonyl (C=O) groups excluding carboxylic acids is 4. The molecule has 0 radical (unpaired) electrons. The Morgan fingerprint density at radius 2 is 1.31 bits per heavy atom. The molecule has 0 saturated heterocycles. The van der Waals surface area contributed by atoms with Gasteiger partial charge in [0.1, 0.15) is 18.1 Å². The summed E-state index contributed by atoms with van der Waals surface area (Å²) in [7, 11) is 0. The third kappa shape index (κ3) is 11.2. The fraction of sp³-hybridized carbons (Fsp3) is 0.455. The Hall–Kier alpha value is -3.65. The predicted molar refractivity (Wildman–Crippen MR) is 131 cm³/mol. The highest BCUT2D eigenvalue weighted by molar-refractivity contribution is 7.80. The molecule has 0 bridgehead atoms. The van der Waals surface area contributed by atoms with Crippen LogP contribution in [0.25, 0.3) is 0 Å². The van der Waals surface area contributed by atoms with E-state index in [1.54, 1.807) is 30.3 Å². The lowest BCUT2D eigenvalue weighted by Crippen LogP contribution is -2.57. The molecular formula is C22H31N5O8S. The lowest BCUT2D eigenvalue weighted by Gasteiger charge is -2.24. The Morgan fingerprint density at radius 1 is 0.806 bits per heavy atom. The van der Waals surface area contributed by atoms with Gasteiger partial charge in [-0.05, 0) is 24.8 Å². The maximum absolute atomic E-state index is 12.9. The molecule has 1 aromatic carbocycles. The van der Waals surface area contributed by atoms with Crippen LogP contribution in [0.5, 0.6) is 0 Å². The lowest BCUT2D eigenvalue weighted by molar-refractivity contribution is -0.142. The van der Waals surface area contributed by atoms with Crippen LogP contribution >= 0.6 is 12.6 Å². The molecule has 9 N–H and O–H groups in total. The van der Waals surface area contributed by atoms with E-state index in [1.807, 2.05) is 0 Å². The topological polar surface area (TPSA) is 231 Å². The van der Waals surface area contributed by atoms with Crippen molar-refractivity contribution in [1.29, 1.82) is 0 Å². The van der Waals surface area contributed by atoms with Crippen LogP contribution in [0, 0.1) is 0 Å². The number of primary amides is 1. The summed E-state index contributed by atoms with van der Waals surface area (Å²) in [6, 6.07) is 3.69. The largest absolute Gasteiger partial charge is 0.481 e. The highest BCUT2D eigenvalue weighted by Gasteiger charge is 2.30. The number of aliphatic carboxylic acids is 2. The van der Waals surface area contributed by atoms with Gasteiger partial charge in [-0.15, -0.1) is 0 Å². The van der Waals surface area contributed by atoms with Gasteiger partial charge in [0.05, 0.1) is 6.04 Å². The van der Waals surface area contributed by atoms with Crippen molar-refractivity contribution in [3.63, 3.8) is 0 Å². The van der Waals surface area contributed by atoms with Gasteiger partial charge in [-0.2, -0.15) is 12.6 Å². The smallest absolute Gasteiger partial charge is 0.327 e. The van der Waals surface area contributed by atoms with E-state index in [-0.39, 0.29) is 31.4 Å². The minimum absolute atomic E-state index is 0.167. The molecule has 36 heavy (non-hydrogen) atoms. The molecule has 4 amide bonds. The molecule has 0 aliphatic heterocycles. The van der Waals surface area contributed by atoms with Gasteiger partial charge in [-0.3, -0.25) is 24.0 Å². The van der Waals surface area contributed by atoms with Crippen LogP contribution in [0.1, 0.15) is 31.2 Å². The lowest BCUT2D eigenvalue weighted by atomic mass is 10.0. The van der Waals surface area contributed by atoms with E-state index in [2.05, 4.69) is 28.6 Å². The fourth-order valence-corrected chi connectivity index (χ4v) is 3.31. The van der Waals surface area contributed by atoms with Gasteiger partial charge in [-0.25, -0.2) is 4.79 Å². The zero-order valence-electron chi connectivity index (χ0n) is 19.4. The molecule has 1 aromatic rings. The number of carbonyl (C=O) groups is 6. The first-order chi connectivity index (χ1) is 16.9.